The summed E-state index contributed by atoms with van der Waals surface area (Å²) in [5, 5.41) is 4.24. The first-order valence-corrected chi connectivity index (χ1v) is 9.43. The zero-order chi connectivity index (χ0) is 19.4. The number of carbonyl (C=O) groups excluding carboxylic acids is 3. The molecule has 0 aliphatic carbocycles. The fraction of sp³-hybridized carbons (Fsp3) is 0.250. The fourth-order valence-electron chi connectivity index (χ4n) is 3.05. The molecule has 0 unspecified atom stereocenters. The number of allylic oxidation sites excluding steroid dienone is 1. The lowest BCUT2D eigenvalue weighted by atomic mass is 9.94. The maximum atomic E-state index is 12.7. The lowest BCUT2D eigenvalue weighted by Crippen LogP contribution is -2.52. The van der Waals surface area contributed by atoms with Crippen molar-refractivity contribution in [2.75, 3.05) is 0 Å². The summed E-state index contributed by atoms with van der Waals surface area (Å²) in [6.45, 7) is 3.38. The summed E-state index contributed by atoms with van der Waals surface area (Å²) >= 11 is 1.31. The highest BCUT2D eigenvalue weighted by molar-refractivity contribution is 8.05. The summed E-state index contributed by atoms with van der Waals surface area (Å²) in [5.41, 5.74) is 1.89. The Kier molecular flexibility index (Phi) is 5.81. The second-order valence-electron chi connectivity index (χ2n) is 6.09. The summed E-state index contributed by atoms with van der Waals surface area (Å²) in [5.74, 6) is -0.846. The highest BCUT2D eigenvalue weighted by Gasteiger charge is 2.51. The molecule has 1 saturated heterocycles. The number of amides is 2. The Labute approximate surface area is 161 Å². The van der Waals surface area contributed by atoms with Gasteiger partial charge in [-0.2, -0.15) is 0 Å². The van der Waals surface area contributed by atoms with E-state index in [0.29, 0.717) is 17.7 Å². The molecule has 1 aromatic carbocycles. The summed E-state index contributed by atoms with van der Waals surface area (Å²) in [6.07, 6.45) is 3.87. The van der Waals surface area contributed by atoms with Crippen molar-refractivity contribution in [1.29, 1.82) is 0 Å². The predicted molar refractivity (Wildman–Crippen MR) is 103 cm³/mol. The number of hydrogen-bond acceptors (Lipinski definition) is 5. The maximum absolute atomic E-state index is 12.7. The van der Waals surface area contributed by atoms with Crippen LogP contribution >= 0.6 is 11.8 Å². The van der Waals surface area contributed by atoms with E-state index >= 15 is 0 Å². The van der Waals surface area contributed by atoms with Crippen molar-refractivity contribution in [1.82, 2.24) is 10.2 Å². The van der Waals surface area contributed by atoms with Gasteiger partial charge in [0.25, 0.3) is 5.91 Å². The lowest BCUT2D eigenvalue weighted by molar-refractivity contribution is -0.147. The highest BCUT2D eigenvalue weighted by Crippen LogP contribution is 2.46. The number of β-lactam (4-membered cyclic amide) rings is 1. The second kappa shape index (κ2) is 8.26. The maximum Gasteiger partial charge on any atom is 0.356 e. The van der Waals surface area contributed by atoms with Gasteiger partial charge in [-0.05, 0) is 17.9 Å². The monoisotopic (exact) mass is 384 g/mol. The molecule has 3 rings (SSSR count). The third kappa shape index (κ3) is 3.98. The molecule has 0 saturated carbocycles. The van der Waals surface area contributed by atoms with E-state index in [4.69, 9.17) is 4.74 Å². The molecule has 6 nitrogen and oxygen atoms in total. The van der Waals surface area contributed by atoms with E-state index in [1.165, 1.54) is 29.8 Å². The Morgan fingerprint density at radius 1 is 1.33 bits per heavy atom. The molecule has 1 aromatic rings. The van der Waals surface area contributed by atoms with Crippen molar-refractivity contribution >= 4 is 29.5 Å². The number of rotatable bonds is 6. The van der Waals surface area contributed by atoms with Crippen molar-refractivity contribution in [3.05, 3.63) is 69.8 Å². The largest absolute Gasteiger partial charge is 0.456 e. The minimum atomic E-state index is -0.514. The van der Waals surface area contributed by atoms with Gasteiger partial charge in [-0.25, -0.2) is 4.79 Å². The van der Waals surface area contributed by atoms with Crippen LogP contribution in [0.5, 0.6) is 0 Å². The first kappa shape index (κ1) is 19.0. The minimum absolute atomic E-state index is 0.113. The molecule has 7 heteroatoms. The molecule has 2 aliphatic rings. The van der Waals surface area contributed by atoms with Crippen molar-refractivity contribution in [3.8, 4) is 0 Å². The third-order valence-corrected chi connectivity index (χ3v) is 5.22. The Balaban J connectivity index is 1.76. The summed E-state index contributed by atoms with van der Waals surface area (Å²) in [6, 6.07) is 9.27. The van der Waals surface area contributed by atoms with Gasteiger partial charge in [-0.1, -0.05) is 48.2 Å². The zero-order valence-corrected chi connectivity index (χ0v) is 15.9. The molecule has 2 heterocycles. The third-order valence-electron chi connectivity index (χ3n) is 4.30. The van der Waals surface area contributed by atoms with Crippen LogP contribution in [0.3, 0.4) is 0 Å². The van der Waals surface area contributed by atoms with Crippen LogP contribution in [0.1, 0.15) is 25.8 Å². The molecule has 140 valence electrons. The van der Waals surface area contributed by atoms with Crippen LogP contribution in [0.4, 0.5) is 0 Å². The van der Waals surface area contributed by atoms with E-state index in [2.05, 4.69) is 5.32 Å². The second-order valence-corrected chi connectivity index (χ2v) is 7.09. The van der Waals surface area contributed by atoms with Crippen LogP contribution in [0.15, 0.2) is 64.2 Å². The molecule has 0 spiro atoms. The highest BCUT2D eigenvalue weighted by atomic mass is 32.2. The van der Waals surface area contributed by atoms with Crippen LogP contribution in [0.2, 0.25) is 0 Å². The standard InChI is InChI=1S/C20H20N2O4S/c1-3-15-16-11-17(27-10-9-21-13(2)23)18(22(16)19(15)24)20(25)26-12-14-7-5-4-6-8-14/h3-10,16H,11-12H2,1-2H3,(H,21,23)/b10-9-,15-3?/t16-/m1/s1. The van der Waals surface area contributed by atoms with Gasteiger partial charge in [-0.3, -0.25) is 14.5 Å². The van der Waals surface area contributed by atoms with Crippen molar-refractivity contribution in [2.24, 2.45) is 0 Å². The predicted octanol–water partition coefficient (Wildman–Crippen LogP) is 2.84. The fourth-order valence-corrected chi connectivity index (χ4v) is 3.90. The SMILES string of the molecule is CC=C1C(=O)N2C(C(=O)OCc3ccccc3)=C(S/C=C\NC(C)=O)C[C@H]12. The number of carbonyl (C=O) groups is 3. The number of nitrogens with zero attached hydrogens (tertiary/aromatic N) is 1. The molecular weight excluding hydrogens is 364 g/mol. The van der Waals surface area contributed by atoms with E-state index in [-0.39, 0.29) is 24.5 Å². The van der Waals surface area contributed by atoms with Crippen LogP contribution in [-0.4, -0.2) is 28.7 Å². The van der Waals surface area contributed by atoms with Crippen molar-refractivity contribution in [3.63, 3.8) is 0 Å². The quantitative estimate of drug-likeness (QED) is 0.464. The van der Waals surface area contributed by atoms with Gasteiger partial charge in [0.1, 0.15) is 12.3 Å². The molecule has 1 fully saturated rings. The van der Waals surface area contributed by atoms with Gasteiger partial charge in [-0.15, -0.1) is 0 Å². The number of ether oxygens (including phenoxy) is 1. The molecule has 27 heavy (non-hydrogen) atoms. The van der Waals surface area contributed by atoms with E-state index in [0.717, 1.165) is 10.5 Å². The molecule has 2 aliphatic heterocycles. The molecule has 2 amide bonds. The zero-order valence-electron chi connectivity index (χ0n) is 15.1. The molecule has 0 radical (unpaired) electrons. The molecule has 1 N–H and O–H groups in total. The molecule has 0 aromatic heterocycles. The Hall–Kier alpha value is -2.80. The summed E-state index contributed by atoms with van der Waals surface area (Å²) < 4.78 is 5.44. The molecular formula is C20H20N2O4S. The lowest BCUT2D eigenvalue weighted by Gasteiger charge is -2.38. The van der Waals surface area contributed by atoms with Crippen LogP contribution < -0.4 is 5.32 Å². The molecule has 1 atom stereocenters. The van der Waals surface area contributed by atoms with Gasteiger partial charge in [0, 0.05) is 30.0 Å². The number of fused-ring (bicyclic) bond motifs is 1. The number of hydrogen-bond donors (Lipinski definition) is 1. The van der Waals surface area contributed by atoms with Crippen LogP contribution in [0.25, 0.3) is 0 Å². The van der Waals surface area contributed by atoms with E-state index in [9.17, 15) is 14.4 Å². The van der Waals surface area contributed by atoms with Gasteiger partial charge < -0.3 is 10.1 Å². The number of nitrogens with one attached hydrogen (secondary N) is 1. The normalized spacial score (nSPS) is 20.1. The average Bonchev–Trinajstić information content (AvgIpc) is 2.99. The smallest absolute Gasteiger partial charge is 0.356 e. The number of benzene rings is 1. The first-order chi connectivity index (χ1) is 13.0. The van der Waals surface area contributed by atoms with Gasteiger partial charge >= 0.3 is 5.97 Å². The van der Waals surface area contributed by atoms with Crippen molar-refractivity contribution in [2.45, 2.75) is 32.9 Å². The van der Waals surface area contributed by atoms with Crippen LogP contribution in [0, 0.1) is 0 Å². The van der Waals surface area contributed by atoms with Crippen LogP contribution in [-0.2, 0) is 25.7 Å². The topological polar surface area (TPSA) is 75.7 Å². The summed E-state index contributed by atoms with van der Waals surface area (Å²) in [7, 11) is 0. The Morgan fingerprint density at radius 3 is 2.74 bits per heavy atom. The molecule has 0 bridgehead atoms. The Bertz CT molecular complexity index is 858. The van der Waals surface area contributed by atoms with E-state index < -0.39 is 5.97 Å². The van der Waals surface area contributed by atoms with E-state index in [1.54, 1.807) is 11.5 Å². The van der Waals surface area contributed by atoms with Gasteiger partial charge in [0.05, 0.1) is 6.04 Å². The number of thioether (sulfide) groups is 1. The van der Waals surface area contributed by atoms with Gasteiger partial charge in [0.15, 0.2) is 0 Å². The van der Waals surface area contributed by atoms with E-state index in [1.807, 2.05) is 37.3 Å². The Morgan fingerprint density at radius 2 is 2.07 bits per heavy atom. The number of esters is 1. The average molecular weight is 384 g/mol. The minimum Gasteiger partial charge on any atom is -0.456 e. The van der Waals surface area contributed by atoms with Gasteiger partial charge in [0.2, 0.25) is 5.91 Å². The first-order valence-electron chi connectivity index (χ1n) is 8.55. The van der Waals surface area contributed by atoms with Crippen molar-refractivity contribution < 1.29 is 19.1 Å². The summed E-state index contributed by atoms with van der Waals surface area (Å²) in [4.78, 5) is 38.3.